The van der Waals surface area contributed by atoms with Crippen molar-refractivity contribution in [1.29, 1.82) is 0 Å². The molecular weight excluding hydrogens is 198 g/mol. The SMILES string of the molecule is CC(=O)O.CCCC(=O)O.O=[N+]([O-])O. The quantitative estimate of drug-likeness (QED) is 0.449. The predicted octanol–water partition coefficient (Wildman–Crippen LogP) is 0.614. The highest BCUT2D eigenvalue weighted by atomic mass is 16.9. The number of hydrogen-bond donors (Lipinski definition) is 3. The minimum atomic E-state index is -1.50. The monoisotopic (exact) mass is 211 g/mol. The molecule has 0 unspecified atom stereocenters. The summed E-state index contributed by atoms with van der Waals surface area (Å²) in [6.45, 7) is 2.92. The lowest BCUT2D eigenvalue weighted by Gasteiger charge is -1.79. The van der Waals surface area contributed by atoms with Gasteiger partial charge in [0.05, 0.1) is 0 Å². The fourth-order valence-electron chi connectivity index (χ4n) is 0.214. The summed E-state index contributed by atoms with van der Waals surface area (Å²) in [5.74, 6) is -1.54. The second-order valence-electron chi connectivity index (χ2n) is 1.90. The second-order valence-corrected chi connectivity index (χ2v) is 1.90. The molecule has 84 valence electrons. The molecule has 8 nitrogen and oxygen atoms in total. The van der Waals surface area contributed by atoms with Crippen LogP contribution in [0.1, 0.15) is 26.7 Å². The Labute approximate surface area is 79.9 Å². The number of carboxylic acids is 2. The molecule has 0 saturated carbocycles. The summed E-state index contributed by atoms with van der Waals surface area (Å²) in [7, 11) is 0. The van der Waals surface area contributed by atoms with Gasteiger partial charge in [0, 0.05) is 13.3 Å². The summed E-state index contributed by atoms with van der Waals surface area (Å²) in [4.78, 5) is 27.0. The lowest BCUT2D eigenvalue weighted by atomic mass is 10.4. The van der Waals surface area contributed by atoms with Gasteiger partial charge in [0.2, 0.25) is 0 Å². The Balaban J connectivity index is -0.000000135. The van der Waals surface area contributed by atoms with Gasteiger partial charge in [-0.15, -0.1) is 10.1 Å². The van der Waals surface area contributed by atoms with Crippen LogP contribution >= 0.6 is 0 Å². The molecule has 14 heavy (non-hydrogen) atoms. The molecule has 0 saturated heterocycles. The Hall–Kier alpha value is -1.86. The van der Waals surface area contributed by atoms with E-state index in [1.165, 1.54) is 0 Å². The zero-order chi connectivity index (χ0) is 12.1. The molecule has 0 aliphatic rings. The molecule has 0 radical (unpaired) electrons. The van der Waals surface area contributed by atoms with Gasteiger partial charge in [-0.3, -0.25) is 9.59 Å². The third kappa shape index (κ3) is 652. The van der Waals surface area contributed by atoms with E-state index in [1.54, 1.807) is 0 Å². The van der Waals surface area contributed by atoms with Gasteiger partial charge in [-0.1, -0.05) is 6.92 Å². The minimum absolute atomic E-state index is 0.292. The summed E-state index contributed by atoms with van der Waals surface area (Å²) >= 11 is 0. The Morgan fingerprint density at radius 2 is 1.57 bits per heavy atom. The molecule has 8 heteroatoms. The maximum atomic E-state index is 9.60. The molecule has 0 aromatic carbocycles. The van der Waals surface area contributed by atoms with Crippen LogP contribution in [0, 0.1) is 10.1 Å². The Bertz CT molecular complexity index is 159. The van der Waals surface area contributed by atoms with Crippen molar-refractivity contribution in [3.8, 4) is 0 Å². The molecule has 0 aromatic heterocycles. The lowest BCUT2D eigenvalue weighted by molar-refractivity contribution is -0.742. The molecule has 0 bridgehead atoms. The normalized spacial score (nSPS) is 7.00. The second kappa shape index (κ2) is 13.7. The molecule has 0 heterocycles. The number of hydrogen-bond acceptors (Lipinski definition) is 4. The molecule has 0 rings (SSSR count). The molecule has 0 aliphatic heterocycles. The molecule has 0 spiro atoms. The van der Waals surface area contributed by atoms with E-state index in [1.807, 2.05) is 6.92 Å². The number of rotatable bonds is 2. The first-order valence-electron chi connectivity index (χ1n) is 3.48. The minimum Gasteiger partial charge on any atom is -0.481 e. The fraction of sp³-hybridized carbons (Fsp3) is 0.667. The predicted molar refractivity (Wildman–Crippen MR) is 44.6 cm³/mol. The zero-order valence-electron chi connectivity index (χ0n) is 7.84. The van der Waals surface area contributed by atoms with Crippen LogP contribution in [-0.4, -0.2) is 32.4 Å². The van der Waals surface area contributed by atoms with Crippen molar-refractivity contribution in [2.75, 3.05) is 0 Å². The summed E-state index contributed by atoms with van der Waals surface area (Å²) < 4.78 is 0. The van der Waals surface area contributed by atoms with E-state index in [4.69, 9.17) is 30.3 Å². The first-order chi connectivity index (χ1) is 6.23. The van der Waals surface area contributed by atoms with E-state index in [-0.39, 0.29) is 0 Å². The van der Waals surface area contributed by atoms with Crippen molar-refractivity contribution in [2.45, 2.75) is 26.7 Å². The highest BCUT2D eigenvalue weighted by Gasteiger charge is 1.87. The highest BCUT2D eigenvalue weighted by molar-refractivity contribution is 5.66. The number of nitrogens with zero attached hydrogens (tertiary/aromatic N) is 1. The average Bonchev–Trinajstić information content (AvgIpc) is 1.82. The van der Waals surface area contributed by atoms with E-state index in [0.717, 1.165) is 13.3 Å². The number of carbonyl (C=O) groups is 2. The lowest BCUT2D eigenvalue weighted by Crippen LogP contribution is -1.90. The first-order valence-corrected chi connectivity index (χ1v) is 3.48. The van der Waals surface area contributed by atoms with Gasteiger partial charge in [-0.25, -0.2) is 0 Å². The van der Waals surface area contributed by atoms with Gasteiger partial charge in [0.1, 0.15) is 0 Å². The third-order valence-corrected chi connectivity index (χ3v) is 0.464. The fourth-order valence-corrected chi connectivity index (χ4v) is 0.214. The van der Waals surface area contributed by atoms with Crippen LogP contribution in [0.2, 0.25) is 0 Å². The molecule has 0 aliphatic carbocycles. The van der Waals surface area contributed by atoms with Crippen LogP contribution in [-0.2, 0) is 9.59 Å². The number of aliphatic carboxylic acids is 2. The van der Waals surface area contributed by atoms with Crippen molar-refractivity contribution in [3.05, 3.63) is 10.1 Å². The third-order valence-electron chi connectivity index (χ3n) is 0.464. The molecular formula is C6H13NO7. The van der Waals surface area contributed by atoms with Crippen molar-refractivity contribution >= 4 is 11.9 Å². The van der Waals surface area contributed by atoms with Crippen LogP contribution in [0.25, 0.3) is 0 Å². The zero-order valence-corrected chi connectivity index (χ0v) is 7.84. The summed E-state index contributed by atoms with van der Waals surface area (Å²) in [6.07, 6.45) is 1.02. The Morgan fingerprint density at radius 1 is 1.36 bits per heavy atom. The Morgan fingerprint density at radius 3 is 1.57 bits per heavy atom. The molecule has 0 fully saturated rings. The largest absolute Gasteiger partial charge is 0.481 e. The summed E-state index contributed by atoms with van der Waals surface area (Å²) in [6, 6.07) is 0. The first kappa shape index (κ1) is 18.0. The summed E-state index contributed by atoms with van der Waals surface area (Å²) in [5, 5.41) is 29.0. The van der Waals surface area contributed by atoms with E-state index in [2.05, 4.69) is 0 Å². The highest BCUT2D eigenvalue weighted by Crippen LogP contribution is 1.82. The van der Waals surface area contributed by atoms with Crippen LogP contribution in [0.15, 0.2) is 0 Å². The van der Waals surface area contributed by atoms with E-state index in [9.17, 15) is 4.79 Å². The molecule has 0 aromatic rings. The summed E-state index contributed by atoms with van der Waals surface area (Å²) in [5.41, 5.74) is 0. The number of carboxylic acid groups (broad SMARTS) is 2. The maximum Gasteiger partial charge on any atom is 0.303 e. The standard InChI is InChI=1S/C4H8O2.C2H4O2.HNO3/c1-2-3-4(5)6;1-2(3)4;2-1(3)4/h2-3H2,1H3,(H,5,6);1H3,(H,3,4);(H,2,3,4). The molecule has 0 amide bonds. The maximum absolute atomic E-state index is 9.60. The van der Waals surface area contributed by atoms with Crippen LogP contribution < -0.4 is 0 Å². The van der Waals surface area contributed by atoms with Crippen molar-refractivity contribution < 1.29 is 30.1 Å². The van der Waals surface area contributed by atoms with Crippen molar-refractivity contribution in [1.82, 2.24) is 0 Å². The van der Waals surface area contributed by atoms with Gasteiger partial charge < -0.3 is 15.4 Å². The van der Waals surface area contributed by atoms with Gasteiger partial charge in [0.25, 0.3) is 11.1 Å². The van der Waals surface area contributed by atoms with Gasteiger partial charge >= 0.3 is 5.97 Å². The average molecular weight is 211 g/mol. The van der Waals surface area contributed by atoms with Crippen LogP contribution in [0.3, 0.4) is 0 Å². The topological polar surface area (TPSA) is 138 Å². The van der Waals surface area contributed by atoms with E-state index < -0.39 is 17.0 Å². The van der Waals surface area contributed by atoms with E-state index >= 15 is 0 Å². The van der Waals surface area contributed by atoms with Crippen molar-refractivity contribution in [3.63, 3.8) is 0 Å². The van der Waals surface area contributed by atoms with Crippen LogP contribution in [0.5, 0.6) is 0 Å². The van der Waals surface area contributed by atoms with E-state index in [0.29, 0.717) is 6.42 Å². The van der Waals surface area contributed by atoms with Gasteiger partial charge in [0.15, 0.2) is 0 Å². The van der Waals surface area contributed by atoms with Gasteiger partial charge in [-0.2, -0.15) is 0 Å². The van der Waals surface area contributed by atoms with Gasteiger partial charge in [-0.05, 0) is 6.42 Å². The Kier molecular flexibility index (Phi) is 17.7. The molecule has 0 atom stereocenters. The van der Waals surface area contributed by atoms with Crippen LogP contribution in [0.4, 0.5) is 0 Å². The smallest absolute Gasteiger partial charge is 0.303 e. The molecule has 3 N–H and O–H groups in total. The van der Waals surface area contributed by atoms with Crippen molar-refractivity contribution in [2.24, 2.45) is 0 Å².